The minimum absolute atomic E-state index is 0.122. The van der Waals surface area contributed by atoms with Crippen LogP contribution in [0, 0.1) is 0 Å². The summed E-state index contributed by atoms with van der Waals surface area (Å²) in [6.07, 6.45) is 44.1. The first-order chi connectivity index (χ1) is 33.2. The summed E-state index contributed by atoms with van der Waals surface area (Å²) in [5, 5.41) is 56.7. The second-order valence-electron chi connectivity index (χ2n) is 19.0. The maximum Gasteiger partial charge on any atom is 0.306 e. The summed E-state index contributed by atoms with van der Waals surface area (Å²) >= 11 is 0. The van der Waals surface area contributed by atoms with Crippen LogP contribution in [-0.2, 0) is 23.8 Å². The molecule has 0 aliphatic carbocycles. The quantitative estimate of drug-likeness (QED) is 0.0149. The number of carbonyl (C=O) groups is 2. The van der Waals surface area contributed by atoms with Gasteiger partial charge in [0.15, 0.2) is 12.4 Å². The molecule has 0 bridgehead atoms. The number of nitrogens with one attached hydrogen (secondary N) is 1. The van der Waals surface area contributed by atoms with Gasteiger partial charge in [0, 0.05) is 6.42 Å². The summed E-state index contributed by atoms with van der Waals surface area (Å²) in [5.41, 5.74) is 0. The molecule has 6 N–H and O–H groups in total. The molecular weight excluding hydrogens is 859 g/mol. The van der Waals surface area contributed by atoms with Gasteiger partial charge in [0.25, 0.3) is 0 Å². The number of aliphatic hydroxyl groups excluding tert-OH is 5. The van der Waals surface area contributed by atoms with Crippen LogP contribution in [0.25, 0.3) is 0 Å². The van der Waals surface area contributed by atoms with Crippen LogP contribution < -0.4 is 5.32 Å². The lowest BCUT2D eigenvalue weighted by atomic mass is 9.99. The first-order valence-electron chi connectivity index (χ1n) is 27.6. The second-order valence-corrected chi connectivity index (χ2v) is 19.0. The van der Waals surface area contributed by atoms with Gasteiger partial charge in [0.1, 0.15) is 24.4 Å². The predicted octanol–water partition coefficient (Wildman–Crippen LogP) is 11.9. The Balaban J connectivity index is 2.78. The molecule has 0 saturated carbocycles. The van der Waals surface area contributed by atoms with Crippen molar-refractivity contribution in [2.45, 2.75) is 275 Å². The molecule has 0 radical (unpaired) electrons. The summed E-state index contributed by atoms with van der Waals surface area (Å²) in [5.74, 6) is -1.22. The number of unbranched alkanes of at least 4 members (excludes halogenated alkanes) is 26. The van der Waals surface area contributed by atoms with E-state index in [1.165, 1.54) is 109 Å². The van der Waals surface area contributed by atoms with E-state index in [4.69, 9.17) is 14.2 Å². The van der Waals surface area contributed by atoms with Crippen molar-refractivity contribution in [3.8, 4) is 0 Å². The van der Waals surface area contributed by atoms with Gasteiger partial charge in [-0.1, -0.05) is 236 Å². The van der Waals surface area contributed by atoms with E-state index in [0.29, 0.717) is 12.8 Å². The van der Waals surface area contributed by atoms with E-state index < -0.39 is 67.4 Å². The number of esters is 1. The minimum atomic E-state index is -1.62. The van der Waals surface area contributed by atoms with Crippen LogP contribution in [0.2, 0.25) is 0 Å². The van der Waals surface area contributed by atoms with Crippen molar-refractivity contribution in [3.05, 3.63) is 60.8 Å². The monoisotopic (exact) mass is 960 g/mol. The fourth-order valence-electron chi connectivity index (χ4n) is 8.37. The Bertz CT molecular complexity index is 1330. The Labute approximate surface area is 414 Å². The molecule has 0 aromatic rings. The average Bonchev–Trinajstić information content (AvgIpc) is 3.33. The Kier molecular flexibility index (Phi) is 42.4. The second kappa shape index (κ2) is 45.5. The summed E-state index contributed by atoms with van der Waals surface area (Å²) in [6.45, 7) is 5.61. The summed E-state index contributed by atoms with van der Waals surface area (Å²) in [4.78, 5) is 26.4. The molecule has 8 atom stereocenters. The lowest BCUT2D eigenvalue weighted by Gasteiger charge is -2.41. The van der Waals surface area contributed by atoms with E-state index in [1.54, 1.807) is 6.08 Å². The van der Waals surface area contributed by atoms with Gasteiger partial charge in [-0.2, -0.15) is 0 Å². The predicted molar refractivity (Wildman–Crippen MR) is 278 cm³/mol. The van der Waals surface area contributed by atoms with Gasteiger partial charge in [0.2, 0.25) is 5.91 Å². The first kappa shape index (κ1) is 63.4. The van der Waals surface area contributed by atoms with Crippen molar-refractivity contribution in [1.29, 1.82) is 0 Å². The standard InChI is InChI=1S/C57H101NO10/c1-4-7-10-13-16-19-22-25-27-29-32-35-38-41-44-50(61)56(65)58-48(49(60)43-40-37-34-31-28-24-21-18-15-12-9-6-3)47-66-57-55(54(64)53(63)51(46-59)67-57)68-52(62)45-42-39-36-33-30-26-23-20-17-14-11-8-5-2/h7,10,13,16,19,22,25,27,40,43,48-51,53-55,57,59-61,63-64H,4-6,8-9,11-12,14-15,17-18,20-21,23-24,26,28-39,41-42,44-47H2,1-3H3,(H,58,65)/b10-7+,16-13+,22-19+,27-25-,43-40+. The number of hydrogen-bond acceptors (Lipinski definition) is 10. The Morgan fingerprint density at radius 3 is 1.59 bits per heavy atom. The molecule has 1 aliphatic rings. The Morgan fingerprint density at radius 1 is 0.588 bits per heavy atom. The normalized spacial score (nSPS) is 20.4. The number of ether oxygens (including phenoxy) is 3. The number of rotatable bonds is 45. The first-order valence-corrected chi connectivity index (χ1v) is 27.6. The van der Waals surface area contributed by atoms with Crippen molar-refractivity contribution in [2.24, 2.45) is 0 Å². The van der Waals surface area contributed by atoms with Crippen LogP contribution in [0.5, 0.6) is 0 Å². The molecule has 394 valence electrons. The number of allylic oxidation sites excluding steroid dienone is 9. The van der Waals surface area contributed by atoms with Gasteiger partial charge in [-0.15, -0.1) is 0 Å². The highest BCUT2D eigenvalue weighted by atomic mass is 16.7. The van der Waals surface area contributed by atoms with Gasteiger partial charge in [-0.3, -0.25) is 9.59 Å². The number of amides is 1. The number of hydrogen-bond donors (Lipinski definition) is 6. The van der Waals surface area contributed by atoms with E-state index in [9.17, 15) is 35.1 Å². The van der Waals surface area contributed by atoms with Crippen LogP contribution >= 0.6 is 0 Å². The fraction of sp³-hybridized carbons (Fsp3) is 0.789. The van der Waals surface area contributed by atoms with E-state index in [1.807, 2.05) is 42.5 Å². The molecule has 1 amide bonds. The third-order valence-corrected chi connectivity index (χ3v) is 12.8. The van der Waals surface area contributed by atoms with Crippen LogP contribution in [0.4, 0.5) is 0 Å². The zero-order valence-electron chi connectivity index (χ0n) is 43.2. The zero-order valence-corrected chi connectivity index (χ0v) is 43.2. The Hall–Kier alpha value is -2.64. The van der Waals surface area contributed by atoms with Gasteiger partial charge in [-0.05, 0) is 44.9 Å². The lowest BCUT2D eigenvalue weighted by molar-refractivity contribution is -0.305. The third kappa shape index (κ3) is 33.8. The van der Waals surface area contributed by atoms with Gasteiger partial charge < -0.3 is 45.1 Å². The van der Waals surface area contributed by atoms with Gasteiger partial charge in [0.05, 0.1) is 25.4 Å². The molecule has 68 heavy (non-hydrogen) atoms. The molecule has 8 unspecified atom stereocenters. The topological polar surface area (TPSA) is 175 Å². The molecule has 11 heteroatoms. The van der Waals surface area contributed by atoms with Crippen LogP contribution in [-0.4, -0.2) is 99.6 Å². The van der Waals surface area contributed by atoms with Crippen LogP contribution in [0.15, 0.2) is 60.8 Å². The fourth-order valence-corrected chi connectivity index (χ4v) is 8.37. The maximum absolute atomic E-state index is 13.3. The summed E-state index contributed by atoms with van der Waals surface area (Å²) in [6, 6.07) is -1.03. The highest BCUT2D eigenvalue weighted by Crippen LogP contribution is 2.26. The molecule has 0 aromatic heterocycles. The molecule has 0 aromatic carbocycles. The smallest absolute Gasteiger partial charge is 0.306 e. The van der Waals surface area contributed by atoms with E-state index >= 15 is 0 Å². The van der Waals surface area contributed by atoms with E-state index in [-0.39, 0.29) is 19.4 Å². The van der Waals surface area contributed by atoms with Gasteiger partial charge >= 0.3 is 5.97 Å². The summed E-state index contributed by atoms with van der Waals surface area (Å²) in [7, 11) is 0. The van der Waals surface area contributed by atoms with Crippen molar-refractivity contribution >= 4 is 11.9 Å². The molecule has 1 rings (SSSR count). The number of carbonyl (C=O) groups excluding carboxylic acids is 2. The summed E-state index contributed by atoms with van der Waals surface area (Å²) < 4.78 is 17.5. The van der Waals surface area contributed by atoms with E-state index in [0.717, 1.165) is 70.6 Å². The molecule has 11 nitrogen and oxygen atoms in total. The minimum Gasteiger partial charge on any atom is -0.454 e. The molecule has 1 heterocycles. The van der Waals surface area contributed by atoms with E-state index in [2.05, 4.69) is 38.2 Å². The van der Waals surface area contributed by atoms with Crippen LogP contribution in [0.1, 0.15) is 226 Å². The largest absolute Gasteiger partial charge is 0.454 e. The average molecular weight is 960 g/mol. The van der Waals surface area contributed by atoms with Crippen molar-refractivity contribution in [2.75, 3.05) is 13.2 Å². The molecule has 0 spiro atoms. The molecule has 1 saturated heterocycles. The molecule has 1 fully saturated rings. The SMILES string of the molecule is CC/C=C/C=C/C=C/C=C\CCCCCCC(O)C(=O)NC(COC1OC(CO)C(O)C(O)C1OC(=O)CCCCCCCCCCCCCCC)C(O)/C=C/CCCCCCCCCCCC. The molecule has 1 aliphatic heterocycles. The Morgan fingerprint density at radius 2 is 1.06 bits per heavy atom. The van der Waals surface area contributed by atoms with Crippen molar-refractivity contribution in [3.63, 3.8) is 0 Å². The van der Waals surface area contributed by atoms with Crippen LogP contribution in [0.3, 0.4) is 0 Å². The zero-order chi connectivity index (χ0) is 49.7. The lowest BCUT2D eigenvalue weighted by Crippen LogP contribution is -2.61. The van der Waals surface area contributed by atoms with Gasteiger partial charge in [-0.25, -0.2) is 0 Å². The highest BCUT2D eigenvalue weighted by Gasteiger charge is 2.47. The highest BCUT2D eigenvalue weighted by molar-refractivity contribution is 5.80. The van der Waals surface area contributed by atoms with Crippen molar-refractivity contribution in [1.82, 2.24) is 5.32 Å². The molecular formula is C57H101NO10. The maximum atomic E-state index is 13.3. The number of aliphatic hydroxyl groups is 5. The van der Waals surface area contributed by atoms with Crippen molar-refractivity contribution < 1.29 is 49.3 Å². The third-order valence-electron chi connectivity index (χ3n) is 12.8.